The van der Waals surface area contributed by atoms with E-state index in [1.165, 1.54) is 4.90 Å². The lowest BCUT2D eigenvalue weighted by Crippen LogP contribution is -2.33. The fourth-order valence-corrected chi connectivity index (χ4v) is 4.60. The number of rotatable bonds is 2. The van der Waals surface area contributed by atoms with Crippen molar-refractivity contribution in [1.29, 1.82) is 0 Å². The van der Waals surface area contributed by atoms with Gasteiger partial charge < -0.3 is 0 Å². The van der Waals surface area contributed by atoms with Crippen LogP contribution in [-0.4, -0.2) is 11.8 Å². The monoisotopic (exact) mass is 345 g/mol. The Hall–Kier alpha value is -1.42. The number of hydrogen-bond acceptors (Lipinski definition) is 2. The molecular weight excluding hydrogens is 330 g/mol. The Morgan fingerprint density at radius 1 is 1.14 bits per heavy atom. The SMILES string of the molecule is CCc1cc(Br)ccc1N1C(=O)[C@@H]2[C@H](C1=O)[C@@H]1C=C[C@H]2C1. The lowest BCUT2D eigenvalue weighted by Gasteiger charge is -2.20. The summed E-state index contributed by atoms with van der Waals surface area (Å²) in [5.41, 5.74) is 1.80. The molecule has 21 heavy (non-hydrogen) atoms. The Morgan fingerprint density at radius 3 is 2.33 bits per heavy atom. The van der Waals surface area contributed by atoms with Crippen molar-refractivity contribution in [3.8, 4) is 0 Å². The van der Waals surface area contributed by atoms with Gasteiger partial charge in [-0.3, -0.25) is 9.59 Å². The molecule has 4 heteroatoms. The molecular formula is C17H16BrNO2. The third-order valence-electron chi connectivity index (χ3n) is 5.13. The molecule has 0 unspecified atom stereocenters. The minimum Gasteiger partial charge on any atom is -0.274 e. The van der Waals surface area contributed by atoms with Gasteiger partial charge in [-0.05, 0) is 48.4 Å². The quantitative estimate of drug-likeness (QED) is 0.609. The van der Waals surface area contributed by atoms with Crippen LogP contribution < -0.4 is 4.90 Å². The highest BCUT2D eigenvalue weighted by atomic mass is 79.9. The van der Waals surface area contributed by atoms with E-state index in [0.29, 0.717) is 0 Å². The molecule has 2 aliphatic carbocycles. The maximum absolute atomic E-state index is 12.8. The third-order valence-corrected chi connectivity index (χ3v) is 5.63. The second-order valence-corrected chi connectivity index (χ2v) is 7.05. The smallest absolute Gasteiger partial charge is 0.238 e. The standard InChI is InChI=1S/C17H16BrNO2/c1-2-9-8-12(18)5-6-13(9)19-16(20)14-10-3-4-11(7-10)15(14)17(19)21/h3-6,8,10-11,14-15H,2,7H2,1H3/t10-,11+,14-,15+. The van der Waals surface area contributed by atoms with E-state index in [9.17, 15) is 9.59 Å². The van der Waals surface area contributed by atoms with Crippen molar-refractivity contribution in [2.45, 2.75) is 19.8 Å². The molecule has 2 amide bonds. The molecule has 2 fully saturated rings. The topological polar surface area (TPSA) is 37.4 Å². The number of fused-ring (bicyclic) bond motifs is 5. The highest BCUT2D eigenvalue weighted by molar-refractivity contribution is 9.10. The van der Waals surface area contributed by atoms with Crippen LogP contribution in [-0.2, 0) is 16.0 Å². The number of carbonyl (C=O) groups is 2. The predicted octanol–water partition coefficient (Wildman–Crippen LogP) is 3.32. The molecule has 0 aromatic heterocycles. The molecule has 1 aromatic carbocycles. The van der Waals surface area contributed by atoms with E-state index in [0.717, 1.165) is 28.6 Å². The zero-order chi connectivity index (χ0) is 14.7. The zero-order valence-corrected chi connectivity index (χ0v) is 13.3. The Morgan fingerprint density at radius 2 is 1.76 bits per heavy atom. The van der Waals surface area contributed by atoms with Crippen molar-refractivity contribution in [2.75, 3.05) is 4.90 Å². The summed E-state index contributed by atoms with van der Waals surface area (Å²) >= 11 is 3.46. The van der Waals surface area contributed by atoms with Gasteiger partial charge in [0.2, 0.25) is 11.8 Å². The summed E-state index contributed by atoms with van der Waals surface area (Å²) < 4.78 is 0.976. The lowest BCUT2D eigenvalue weighted by atomic mass is 9.85. The number of anilines is 1. The van der Waals surface area contributed by atoms with Gasteiger partial charge in [0, 0.05) is 4.47 Å². The van der Waals surface area contributed by atoms with Gasteiger partial charge in [-0.25, -0.2) is 4.90 Å². The van der Waals surface area contributed by atoms with Crippen molar-refractivity contribution in [3.05, 3.63) is 40.4 Å². The summed E-state index contributed by atoms with van der Waals surface area (Å²) in [5.74, 6) is 0.281. The average molecular weight is 346 g/mol. The van der Waals surface area contributed by atoms with Crippen LogP contribution in [0, 0.1) is 23.7 Å². The molecule has 1 saturated heterocycles. The van der Waals surface area contributed by atoms with Gasteiger partial charge in [0.1, 0.15) is 0 Å². The summed E-state index contributed by atoms with van der Waals surface area (Å²) in [4.78, 5) is 27.1. The molecule has 0 N–H and O–H groups in total. The van der Waals surface area contributed by atoms with Crippen molar-refractivity contribution in [2.24, 2.45) is 23.7 Å². The summed E-state index contributed by atoms with van der Waals surface area (Å²) in [5, 5.41) is 0. The highest BCUT2D eigenvalue weighted by Gasteiger charge is 2.59. The number of allylic oxidation sites excluding steroid dienone is 2. The fourth-order valence-electron chi connectivity index (χ4n) is 4.20. The number of carbonyl (C=O) groups excluding carboxylic acids is 2. The molecule has 3 aliphatic rings. The van der Waals surface area contributed by atoms with Gasteiger partial charge >= 0.3 is 0 Å². The Labute approximate surface area is 132 Å². The van der Waals surface area contributed by atoms with Crippen LogP contribution >= 0.6 is 15.9 Å². The number of benzene rings is 1. The number of aryl methyl sites for hydroxylation is 1. The average Bonchev–Trinajstić information content (AvgIpc) is 3.14. The molecule has 4 rings (SSSR count). The molecule has 4 atom stereocenters. The fraction of sp³-hybridized carbons (Fsp3) is 0.412. The number of amides is 2. The number of hydrogen-bond donors (Lipinski definition) is 0. The second-order valence-electron chi connectivity index (χ2n) is 6.14. The first-order chi connectivity index (χ1) is 10.1. The van der Waals surface area contributed by atoms with E-state index >= 15 is 0 Å². The molecule has 1 aromatic rings. The van der Waals surface area contributed by atoms with E-state index in [-0.39, 0.29) is 35.5 Å². The molecule has 108 valence electrons. The largest absolute Gasteiger partial charge is 0.274 e. The van der Waals surface area contributed by atoms with E-state index < -0.39 is 0 Å². The number of imide groups is 1. The maximum Gasteiger partial charge on any atom is 0.238 e. The Bertz CT molecular complexity index is 651. The van der Waals surface area contributed by atoms with E-state index in [2.05, 4.69) is 28.1 Å². The van der Waals surface area contributed by atoms with Crippen LogP contribution in [0.2, 0.25) is 0 Å². The van der Waals surface area contributed by atoms with Crippen molar-refractivity contribution in [1.82, 2.24) is 0 Å². The van der Waals surface area contributed by atoms with Crippen LogP contribution in [0.25, 0.3) is 0 Å². The Balaban J connectivity index is 1.78. The minimum atomic E-state index is -0.124. The first-order valence-electron chi connectivity index (χ1n) is 7.46. The van der Waals surface area contributed by atoms with Gasteiger partial charge in [0.05, 0.1) is 17.5 Å². The Kier molecular flexibility index (Phi) is 2.86. The van der Waals surface area contributed by atoms with Crippen molar-refractivity contribution < 1.29 is 9.59 Å². The van der Waals surface area contributed by atoms with Crippen LogP contribution in [0.15, 0.2) is 34.8 Å². The number of halogens is 1. The maximum atomic E-state index is 12.8. The summed E-state index contributed by atoms with van der Waals surface area (Å²) in [6, 6.07) is 5.78. The van der Waals surface area contributed by atoms with Crippen LogP contribution in [0.3, 0.4) is 0 Å². The summed E-state index contributed by atoms with van der Waals surface area (Å²) in [6.07, 6.45) is 6.03. The van der Waals surface area contributed by atoms with Gasteiger partial charge in [0.25, 0.3) is 0 Å². The summed E-state index contributed by atoms with van der Waals surface area (Å²) in [7, 11) is 0. The van der Waals surface area contributed by atoms with E-state index in [1.807, 2.05) is 25.1 Å². The first kappa shape index (κ1) is 13.3. The van der Waals surface area contributed by atoms with Crippen LogP contribution in [0.4, 0.5) is 5.69 Å². The highest BCUT2D eigenvalue weighted by Crippen LogP contribution is 2.53. The van der Waals surface area contributed by atoms with Crippen LogP contribution in [0.5, 0.6) is 0 Å². The van der Waals surface area contributed by atoms with Gasteiger partial charge in [-0.15, -0.1) is 0 Å². The van der Waals surface area contributed by atoms with E-state index in [1.54, 1.807) is 0 Å². The molecule has 1 aliphatic heterocycles. The number of nitrogens with zero attached hydrogens (tertiary/aromatic N) is 1. The molecule has 3 nitrogen and oxygen atoms in total. The molecule has 0 radical (unpaired) electrons. The predicted molar refractivity (Wildman–Crippen MR) is 83.7 cm³/mol. The molecule has 0 spiro atoms. The van der Waals surface area contributed by atoms with Gasteiger partial charge in [0.15, 0.2) is 0 Å². The van der Waals surface area contributed by atoms with Crippen molar-refractivity contribution >= 4 is 33.4 Å². The first-order valence-corrected chi connectivity index (χ1v) is 8.25. The normalized spacial score (nSPS) is 33.1. The van der Waals surface area contributed by atoms with Gasteiger partial charge in [-0.2, -0.15) is 0 Å². The van der Waals surface area contributed by atoms with Crippen molar-refractivity contribution in [3.63, 3.8) is 0 Å². The summed E-state index contributed by atoms with van der Waals surface area (Å²) in [6.45, 7) is 2.04. The second kappa shape index (κ2) is 4.54. The lowest BCUT2D eigenvalue weighted by molar-refractivity contribution is -0.123. The minimum absolute atomic E-state index is 0.00104. The molecule has 2 bridgehead atoms. The van der Waals surface area contributed by atoms with Crippen LogP contribution in [0.1, 0.15) is 18.9 Å². The van der Waals surface area contributed by atoms with E-state index in [4.69, 9.17) is 0 Å². The molecule has 1 saturated carbocycles. The zero-order valence-electron chi connectivity index (χ0n) is 11.8. The third kappa shape index (κ3) is 1.71. The van der Waals surface area contributed by atoms with Gasteiger partial charge in [-0.1, -0.05) is 35.0 Å². The molecule has 1 heterocycles.